The van der Waals surface area contributed by atoms with E-state index in [2.05, 4.69) is 65.9 Å². The summed E-state index contributed by atoms with van der Waals surface area (Å²) in [4.78, 5) is 42.8. The second kappa shape index (κ2) is 19.3. The summed E-state index contributed by atoms with van der Waals surface area (Å²) in [6, 6.07) is 0. The fourth-order valence-electron chi connectivity index (χ4n) is 9.48. The zero-order chi connectivity index (χ0) is 44.3. The molecule has 3 N–H and O–H groups in total. The molecule has 1 aliphatic carbocycles. The highest BCUT2D eigenvalue weighted by atomic mass is 16.5. The van der Waals surface area contributed by atoms with E-state index in [0.717, 1.165) is 76.9 Å². The molecule has 0 radical (unpaired) electrons. The number of aliphatic imine (C=N–C) groups is 3. The van der Waals surface area contributed by atoms with Crippen molar-refractivity contribution in [1.29, 1.82) is 0 Å². The summed E-state index contributed by atoms with van der Waals surface area (Å²) in [7, 11) is 0. The first kappa shape index (κ1) is 45.4. The van der Waals surface area contributed by atoms with Crippen LogP contribution < -0.4 is 5.32 Å². The maximum Gasteiger partial charge on any atom is 0.306 e. The third-order valence-electron chi connectivity index (χ3n) is 12.7. The van der Waals surface area contributed by atoms with Crippen LogP contribution in [0.1, 0.15) is 134 Å². The smallest absolute Gasteiger partial charge is 0.306 e. The van der Waals surface area contributed by atoms with Crippen LogP contribution in [0.15, 0.2) is 141 Å². The Morgan fingerprint density at radius 3 is 2.25 bits per heavy atom. The molecule has 0 spiro atoms. The number of Topliss-reactive ketones (excluding diaryl/α,β-unsaturated/α-hetero) is 1. The lowest BCUT2D eigenvalue weighted by atomic mass is 9.85. The van der Waals surface area contributed by atoms with Crippen LogP contribution >= 0.6 is 0 Å². The molecule has 324 valence electrons. The molecule has 9 heteroatoms. The number of hydrogen-bond acceptors (Lipinski definition) is 9. The highest BCUT2D eigenvalue weighted by Crippen LogP contribution is 2.47. The molecule has 9 nitrogen and oxygen atoms in total. The molecule has 8 bridgehead atoms. The summed E-state index contributed by atoms with van der Waals surface area (Å²) in [5.74, 6) is -0.108. The molecule has 5 heterocycles. The van der Waals surface area contributed by atoms with Crippen LogP contribution in [0.5, 0.6) is 0 Å². The van der Waals surface area contributed by atoms with Gasteiger partial charge in [-0.1, -0.05) is 56.6 Å². The summed E-state index contributed by atoms with van der Waals surface area (Å²) in [5.41, 5.74) is 16.2. The van der Waals surface area contributed by atoms with E-state index in [9.17, 15) is 19.8 Å². The number of carbonyl (C=O) groups excluding carboxylic acids is 2. The Morgan fingerprint density at radius 1 is 0.902 bits per heavy atom. The maximum atomic E-state index is 14.0. The molecular weight excluding hydrogens is 761 g/mol. The number of rotatable bonds is 15. The molecule has 3 atom stereocenters. The van der Waals surface area contributed by atoms with Crippen LogP contribution in [0.25, 0.3) is 0 Å². The molecule has 61 heavy (non-hydrogen) atoms. The number of hydrogen-bond donors (Lipinski definition) is 3. The first-order valence-corrected chi connectivity index (χ1v) is 22.3. The van der Waals surface area contributed by atoms with E-state index in [1.807, 2.05) is 39.0 Å². The normalized spacial score (nSPS) is 22.7. The molecular formula is C52H66N4O5. The Hall–Kier alpha value is -5.15. The van der Waals surface area contributed by atoms with Crippen LogP contribution in [-0.2, 0) is 14.3 Å². The number of carbonyl (C=O) groups is 2. The van der Waals surface area contributed by atoms with Crippen LogP contribution in [0, 0.1) is 17.8 Å². The Labute approximate surface area is 363 Å². The van der Waals surface area contributed by atoms with Gasteiger partial charge in [-0.25, -0.2) is 15.0 Å². The number of aliphatic hydroxyl groups is 2. The van der Waals surface area contributed by atoms with Gasteiger partial charge in [-0.05, 0) is 140 Å². The highest BCUT2D eigenvalue weighted by Gasteiger charge is 2.44. The summed E-state index contributed by atoms with van der Waals surface area (Å²) >= 11 is 0. The van der Waals surface area contributed by atoms with Crippen molar-refractivity contribution in [3.63, 3.8) is 0 Å². The molecule has 5 aliphatic heterocycles. The average molecular weight is 827 g/mol. The topological polar surface area (TPSA) is 133 Å². The third kappa shape index (κ3) is 9.67. The molecule has 0 aromatic heterocycles. The molecule has 0 aromatic carbocycles. The van der Waals surface area contributed by atoms with Crippen molar-refractivity contribution < 1.29 is 24.5 Å². The minimum atomic E-state index is -0.806. The fourth-order valence-corrected chi connectivity index (χ4v) is 9.48. The van der Waals surface area contributed by atoms with Gasteiger partial charge in [0.2, 0.25) is 0 Å². The van der Waals surface area contributed by atoms with Crippen LogP contribution in [-0.4, -0.2) is 51.8 Å². The van der Waals surface area contributed by atoms with Crippen LogP contribution in [0.3, 0.4) is 0 Å². The highest BCUT2D eigenvalue weighted by molar-refractivity contribution is 6.38. The first-order valence-electron chi connectivity index (χ1n) is 22.3. The quantitative estimate of drug-likeness (QED) is 0.0855. The van der Waals surface area contributed by atoms with Crippen molar-refractivity contribution in [3.05, 3.63) is 126 Å². The van der Waals surface area contributed by atoms with Crippen molar-refractivity contribution in [2.24, 2.45) is 32.7 Å². The Balaban J connectivity index is 1.35. The lowest BCUT2D eigenvalue weighted by Crippen LogP contribution is -2.16. The van der Waals surface area contributed by atoms with E-state index in [1.54, 1.807) is 6.92 Å². The van der Waals surface area contributed by atoms with Gasteiger partial charge in [0.15, 0.2) is 5.78 Å². The number of nitrogens with one attached hydrogen (secondary N) is 1. The van der Waals surface area contributed by atoms with Gasteiger partial charge >= 0.3 is 5.97 Å². The first-order chi connectivity index (χ1) is 29.0. The van der Waals surface area contributed by atoms with Crippen molar-refractivity contribution in [1.82, 2.24) is 5.32 Å². The lowest BCUT2D eigenvalue weighted by Gasteiger charge is -2.17. The number of aliphatic hydroxyl groups excluding tert-OH is 2. The number of esters is 1. The zero-order valence-electron chi connectivity index (χ0n) is 38.3. The Bertz CT molecular complexity index is 2330. The largest absolute Gasteiger partial charge is 0.515 e. The third-order valence-corrected chi connectivity index (χ3v) is 12.7. The minimum Gasteiger partial charge on any atom is -0.515 e. The lowest BCUT2D eigenvalue weighted by molar-refractivity contribution is -0.142. The van der Waals surface area contributed by atoms with Crippen molar-refractivity contribution in [2.75, 3.05) is 6.61 Å². The van der Waals surface area contributed by atoms with Crippen LogP contribution in [0.2, 0.25) is 0 Å². The van der Waals surface area contributed by atoms with E-state index in [4.69, 9.17) is 19.7 Å². The molecule has 0 amide bonds. The molecule has 6 aliphatic rings. The van der Waals surface area contributed by atoms with E-state index in [-0.39, 0.29) is 49.0 Å². The molecule has 6 rings (SSSR count). The van der Waals surface area contributed by atoms with Gasteiger partial charge in [-0.2, -0.15) is 0 Å². The number of fused-ring (bicyclic) bond motifs is 5. The standard InChI is InChI=1S/C52H66N4O5/c1-12-36-41-25-42-38(23-29(4)5)40(27-57)43(53-42)26-44-47(35(11)58)33(9)50(55-44)34(10)49-32(8)37(51(56-49)39-24-45(59)48(36)52(39)54-41)19-20-46(60)61-22-21-31(7)18-14-17-30(6)16-13-15-28(2)3/h15,17,21,25-27,29,32,35,37,56-58H,12-14,16,18-20,22-24H2,1-11H3/b30-17+,31-21+,40-27-,41-25?,44-26?,49-34?,51-39?/t32-,35?,37-/m0/s1. The van der Waals surface area contributed by atoms with Crippen molar-refractivity contribution in [2.45, 2.75) is 140 Å². The monoisotopic (exact) mass is 827 g/mol. The molecule has 1 saturated carbocycles. The predicted octanol–water partition coefficient (Wildman–Crippen LogP) is 11.4. The van der Waals surface area contributed by atoms with E-state index in [0.29, 0.717) is 64.5 Å². The van der Waals surface area contributed by atoms with E-state index < -0.39 is 6.10 Å². The molecule has 2 fully saturated rings. The number of allylic oxidation sites excluding steroid dienone is 16. The number of ketones is 1. The second-order valence-corrected chi connectivity index (χ2v) is 18.1. The van der Waals surface area contributed by atoms with Crippen LogP contribution in [0.4, 0.5) is 0 Å². The van der Waals surface area contributed by atoms with E-state index in [1.165, 1.54) is 16.7 Å². The summed E-state index contributed by atoms with van der Waals surface area (Å²) < 4.78 is 5.77. The second-order valence-electron chi connectivity index (χ2n) is 18.1. The number of nitrogens with zero attached hydrogens (tertiary/aromatic N) is 3. The fraction of sp³-hybridized carbons (Fsp3) is 0.481. The van der Waals surface area contributed by atoms with Gasteiger partial charge in [-0.3, -0.25) is 9.59 Å². The van der Waals surface area contributed by atoms with E-state index >= 15 is 0 Å². The zero-order valence-corrected chi connectivity index (χ0v) is 38.3. The summed E-state index contributed by atoms with van der Waals surface area (Å²) in [6.07, 6.45) is 17.0. The van der Waals surface area contributed by atoms with Gasteiger partial charge in [0.25, 0.3) is 0 Å². The Morgan fingerprint density at radius 2 is 1.59 bits per heavy atom. The predicted molar refractivity (Wildman–Crippen MR) is 248 cm³/mol. The van der Waals surface area contributed by atoms with Crippen molar-refractivity contribution in [3.8, 4) is 0 Å². The van der Waals surface area contributed by atoms with Gasteiger partial charge in [0.1, 0.15) is 6.61 Å². The summed E-state index contributed by atoms with van der Waals surface area (Å²) in [5, 5.41) is 25.6. The van der Waals surface area contributed by atoms with Gasteiger partial charge in [0, 0.05) is 58.4 Å². The molecule has 1 saturated heterocycles. The Kier molecular flexibility index (Phi) is 14.3. The van der Waals surface area contributed by atoms with Crippen molar-refractivity contribution >= 4 is 28.9 Å². The maximum absolute atomic E-state index is 14.0. The average Bonchev–Trinajstić information content (AvgIpc) is 3.97. The van der Waals surface area contributed by atoms with Gasteiger partial charge < -0.3 is 20.3 Å². The number of ether oxygens (including phenoxy) is 1. The molecule has 1 unspecified atom stereocenters. The van der Waals surface area contributed by atoms with Gasteiger partial charge in [-0.15, -0.1) is 0 Å². The summed E-state index contributed by atoms with van der Waals surface area (Å²) in [6.45, 7) is 23.0. The van der Waals surface area contributed by atoms with Gasteiger partial charge in [0.05, 0.1) is 46.6 Å². The molecule has 0 aromatic rings. The minimum absolute atomic E-state index is 0.0388. The SMILES string of the molecule is CCC1=C2C(=O)CC3=C4NC(=C(C)C5=NC(=CC6=NC(=C(CC(C)C)/C6=C/O)C=C1N=C32)C(C(C)O)=C5C)[C@@H](C)[C@@H]4CCC(=O)OC/C=C(\C)CC/C=C(\C)CCC=C(C)C.